The zero-order chi connectivity index (χ0) is 19.9. The molecule has 0 atom stereocenters. The molecule has 1 aromatic heterocycles. The summed E-state index contributed by atoms with van der Waals surface area (Å²) < 4.78 is 13.5. The SMILES string of the molecule is C=CCn1c(SCCOc2cc(C)ccc2C)nnc1-c1ccccc1OC. The van der Waals surface area contributed by atoms with Crippen LogP contribution in [0.2, 0.25) is 0 Å². The van der Waals surface area contributed by atoms with Gasteiger partial charge in [0.05, 0.1) is 19.3 Å². The predicted molar refractivity (Wildman–Crippen MR) is 114 cm³/mol. The van der Waals surface area contributed by atoms with Crippen molar-refractivity contribution in [1.82, 2.24) is 14.8 Å². The summed E-state index contributed by atoms with van der Waals surface area (Å²) in [4.78, 5) is 0. The summed E-state index contributed by atoms with van der Waals surface area (Å²) in [5.74, 6) is 3.25. The van der Waals surface area contributed by atoms with Crippen LogP contribution in [-0.4, -0.2) is 34.2 Å². The highest BCUT2D eigenvalue weighted by Crippen LogP contribution is 2.31. The molecule has 0 fully saturated rings. The van der Waals surface area contributed by atoms with Gasteiger partial charge in [0.15, 0.2) is 11.0 Å². The van der Waals surface area contributed by atoms with Crippen molar-refractivity contribution in [3.05, 3.63) is 66.2 Å². The van der Waals surface area contributed by atoms with Crippen molar-refractivity contribution < 1.29 is 9.47 Å². The Morgan fingerprint density at radius 1 is 1.11 bits per heavy atom. The fourth-order valence-electron chi connectivity index (χ4n) is 2.87. The lowest BCUT2D eigenvalue weighted by Crippen LogP contribution is -2.05. The van der Waals surface area contributed by atoms with Crippen molar-refractivity contribution in [2.24, 2.45) is 0 Å². The van der Waals surface area contributed by atoms with E-state index in [4.69, 9.17) is 9.47 Å². The van der Waals surface area contributed by atoms with E-state index in [1.165, 1.54) is 5.56 Å². The van der Waals surface area contributed by atoms with Gasteiger partial charge >= 0.3 is 0 Å². The molecule has 1 heterocycles. The van der Waals surface area contributed by atoms with Crippen molar-refractivity contribution in [1.29, 1.82) is 0 Å². The van der Waals surface area contributed by atoms with Gasteiger partial charge in [-0.1, -0.05) is 42.1 Å². The summed E-state index contributed by atoms with van der Waals surface area (Å²) in [5, 5.41) is 9.62. The maximum absolute atomic E-state index is 5.95. The van der Waals surface area contributed by atoms with Gasteiger partial charge in [-0.15, -0.1) is 16.8 Å². The van der Waals surface area contributed by atoms with Gasteiger partial charge < -0.3 is 9.47 Å². The lowest BCUT2D eigenvalue weighted by Gasteiger charge is -2.11. The molecule has 2 aromatic carbocycles. The van der Waals surface area contributed by atoms with Crippen LogP contribution in [-0.2, 0) is 6.54 Å². The van der Waals surface area contributed by atoms with E-state index in [0.29, 0.717) is 13.2 Å². The maximum atomic E-state index is 5.95. The van der Waals surface area contributed by atoms with Crippen LogP contribution in [0.15, 0.2) is 60.3 Å². The number of aryl methyl sites for hydroxylation is 2. The van der Waals surface area contributed by atoms with E-state index in [1.807, 2.05) is 34.9 Å². The van der Waals surface area contributed by atoms with Crippen LogP contribution in [0.3, 0.4) is 0 Å². The first-order valence-corrected chi connectivity index (χ1v) is 10.1. The summed E-state index contributed by atoms with van der Waals surface area (Å²) in [7, 11) is 1.66. The van der Waals surface area contributed by atoms with Gasteiger partial charge in [0, 0.05) is 12.3 Å². The Morgan fingerprint density at radius 3 is 2.71 bits per heavy atom. The first-order valence-electron chi connectivity index (χ1n) is 9.14. The lowest BCUT2D eigenvalue weighted by atomic mass is 10.1. The van der Waals surface area contributed by atoms with Crippen molar-refractivity contribution >= 4 is 11.8 Å². The van der Waals surface area contributed by atoms with Crippen LogP contribution >= 0.6 is 11.8 Å². The number of aromatic nitrogens is 3. The minimum Gasteiger partial charge on any atom is -0.496 e. The average Bonchev–Trinajstić information content (AvgIpc) is 3.10. The average molecular weight is 396 g/mol. The summed E-state index contributed by atoms with van der Waals surface area (Å²) in [6.07, 6.45) is 1.85. The largest absolute Gasteiger partial charge is 0.496 e. The molecule has 0 spiro atoms. The van der Waals surface area contributed by atoms with Gasteiger partial charge in [-0.05, 0) is 43.2 Å². The third kappa shape index (κ3) is 4.57. The standard InChI is InChI=1S/C22H25N3O2S/c1-5-12-25-21(18-8-6-7-9-19(18)26-4)23-24-22(25)28-14-13-27-20-15-16(2)10-11-17(20)3/h5-11,15H,1,12-14H2,2-4H3. The number of hydrogen-bond acceptors (Lipinski definition) is 5. The number of benzene rings is 2. The molecule has 146 valence electrons. The minimum atomic E-state index is 0.597. The number of methoxy groups -OCH3 is 1. The van der Waals surface area contributed by atoms with E-state index in [2.05, 4.69) is 48.8 Å². The Balaban J connectivity index is 1.71. The summed E-state index contributed by atoms with van der Waals surface area (Å²) >= 11 is 1.62. The molecule has 0 N–H and O–H groups in total. The fraction of sp³-hybridized carbons (Fsp3) is 0.273. The van der Waals surface area contributed by atoms with Crippen molar-refractivity contribution in [3.63, 3.8) is 0 Å². The van der Waals surface area contributed by atoms with Crippen LogP contribution in [0.25, 0.3) is 11.4 Å². The number of ether oxygens (including phenoxy) is 2. The van der Waals surface area contributed by atoms with E-state index >= 15 is 0 Å². The molecule has 0 aliphatic carbocycles. The van der Waals surface area contributed by atoms with Crippen LogP contribution in [0, 0.1) is 13.8 Å². The zero-order valence-corrected chi connectivity index (χ0v) is 17.3. The zero-order valence-electron chi connectivity index (χ0n) is 16.5. The molecule has 0 amide bonds. The van der Waals surface area contributed by atoms with E-state index in [0.717, 1.165) is 39.4 Å². The van der Waals surface area contributed by atoms with Crippen LogP contribution in [0.5, 0.6) is 11.5 Å². The Morgan fingerprint density at radius 2 is 1.93 bits per heavy atom. The Bertz CT molecular complexity index is 953. The second kappa shape index (κ2) is 9.46. The minimum absolute atomic E-state index is 0.597. The number of nitrogens with zero attached hydrogens (tertiary/aromatic N) is 3. The van der Waals surface area contributed by atoms with Gasteiger partial charge in [0.1, 0.15) is 11.5 Å². The molecular formula is C22H25N3O2S. The molecule has 0 saturated carbocycles. The number of para-hydroxylation sites is 1. The normalized spacial score (nSPS) is 10.7. The molecule has 3 rings (SSSR count). The highest BCUT2D eigenvalue weighted by molar-refractivity contribution is 7.99. The van der Waals surface area contributed by atoms with Gasteiger partial charge in [-0.2, -0.15) is 0 Å². The van der Waals surface area contributed by atoms with E-state index in [1.54, 1.807) is 18.9 Å². The molecule has 0 radical (unpaired) electrons. The third-order valence-corrected chi connectivity index (χ3v) is 5.22. The third-order valence-electron chi connectivity index (χ3n) is 4.29. The van der Waals surface area contributed by atoms with E-state index in [9.17, 15) is 0 Å². The number of thioether (sulfide) groups is 1. The summed E-state index contributed by atoms with van der Waals surface area (Å²) in [6.45, 7) is 9.21. The number of rotatable bonds is 9. The highest BCUT2D eigenvalue weighted by Gasteiger charge is 2.16. The van der Waals surface area contributed by atoms with Crippen LogP contribution in [0.1, 0.15) is 11.1 Å². The van der Waals surface area contributed by atoms with Crippen molar-refractivity contribution in [3.8, 4) is 22.9 Å². The molecule has 0 saturated heterocycles. The lowest BCUT2D eigenvalue weighted by molar-refractivity contribution is 0.341. The van der Waals surface area contributed by atoms with Gasteiger partial charge in [0.2, 0.25) is 0 Å². The topological polar surface area (TPSA) is 49.2 Å². The smallest absolute Gasteiger partial charge is 0.191 e. The molecule has 5 nitrogen and oxygen atoms in total. The first-order chi connectivity index (χ1) is 13.6. The number of allylic oxidation sites excluding steroid dienone is 1. The molecule has 0 bridgehead atoms. The number of hydrogen-bond donors (Lipinski definition) is 0. The molecule has 0 aliphatic rings. The second-order valence-electron chi connectivity index (χ2n) is 6.37. The quantitative estimate of drug-likeness (QED) is 0.292. The van der Waals surface area contributed by atoms with Crippen LogP contribution < -0.4 is 9.47 Å². The van der Waals surface area contributed by atoms with Crippen molar-refractivity contribution in [2.75, 3.05) is 19.5 Å². The predicted octanol–water partition coefficient (Wildman–Crippen LogP) is 4.93. The fourth-order valence-corrected chi connectivity index (χ4v) is 3.63. The summed E-state index contributed by atoms with van der Waals surface area (Å²) in [6, 6.07) is 14.1. The molecule has 0 unspecified atom stereocenters. The Kier molecular flexibility index (Phi) is 6.76. The molecular weight excluding hydrogens is 370 g/mol. The molecule has 3 aromatic rings. The van der Waals surface area contributed by atoms with Gasteiger partial charge in [-0.3, -0.25) is 4.57 Å². The molecule has 6 heteroatoms. The van der Waals surface area contributed by atoms with E-state index < -0.39 is 0 Å². The Hall–Kier alpha value is -2.73. The van der Waals surface area contributed by atoms with Gasteiger partial charge in [0.25, 0.3) is 0 Å². The second-order valence-corrected chi connectivity index (χ2v) is 7.43. The first kappa shape index (κ1) is 20.0. The highest BCUT2D eigenvalue weighted by atomic mass is 32.2. The molecule has 28 heavy (non-hydrogen) atoms. The van der Waals surface area contributed by atoms with Crippen molar-refractivity contribution in [2.45, 2.75) is 25.5 Å². The Labute approximate surface area is 170 Å². The maximum Gasteiger partial charge on any atom is 0.191 e. The summed E-state index contributed by atoms with van der Waals surface area (Å²) in [5.41, 5.74) is 3.25. The molecule has 0 aliphatic heterocycles. The van der Waals surface area contributed by atoms with Crippen LogP contribution in [0.4, 0.5) is 0 Å². The van der Waals surface area contributed by atoms with Gasteiger partial charge in [-0.25, -0.2) is 0 Å². The van der Waals surface area contributed by atoms with E-state index in [-0.39, 0.29) is 0 Å². The monoisotopic (exact) mass is 395 g/mol.